The molecular weight excluding hydrogens is 521 g/mol. The molecule has 0 aromatic carbocycles. The number of hydrogen-bond acceptors (Lipinski definition) is 7. The minimum Gasteiger partial charge on any atom is -0.338 e. The number of allylic oxidation sites excluding steroid dienone is 1. The topological polar surface area (TPSA) is 104 Å². The van der Waals surface area contributed by atoms with Gasteiger partial charge in [-0.3, -0.25) is 19.4 Å². The number of amides is 1. The third kappa shape index (κ3) is 4.44. The van der Waals surface area contributed by atoms with Crippen molar-refractivity contribution in [2.45, 2.75) is 50.1 Å². The first kappa shape index (κ1) is 26.1. The van der Waals surface area contributed by atoms with Gasteiger partial charge >= 0.3 is 0 Å². The molecule has 0 atom stereocenters. The Hall–Kier alpha value is -4.11. The van der Waals surface area contributed by atoms with Gasteiger partial charge in [0.05, 0.1) is 35.6 Å². The second-order valence-corrected chi connectivity index (χ2v) is 10.8. The van der Waals surface area contributed by atoms with Gasteiger partial charge in [0.25, 0.3) is 11.8 Å². The molecule has 2 fully saturated rings. The van der Waals surface area contributed by atoms with Gasteiger partial charge in [-0.2, -0.15) is 19.1 Å². The van der Waals surface area contributed by atoms with Crippen LogP contribution in [0.5, 0.6) is 0 Å². The first-order valence-electron chi connectivity index (χ1n) is 13.2. The number of alkyl halides is 2. The molecule has 0 unspecified atom stereocenters. The van der Waals surface area contributed by atoms with Gasteiger partial charge in [0.2, 0.25) is 0 Å². The number of nitrogens with zero attached hydrogens (tertiary/aromatic N) is 8. The normalized spacial score (nSPS) is 18.8. The second kappa shape index (κ2) is 9.82. The molecule has 12 heteroatoms. The number of carbonyl (C=O) groups is 1. The van der Waals surface area contributed by atoms with Crippen LogP contribution in [0.2, 0.25) is 0 Å². The lowest BCUT2D eigenvalue weighted by molar-refractivity contribution is -0.0412. The van der Waals surface area contributed by atoms with Crippen LogP contribution in [0.3, 0.4) is 0 Å². The van der Waals surface area contributed by atoms with Crippen molar-refractivity contribution in [2.24, 2.45) is 0 Å². The summed E-state index contributed by atoms with van der Waals surface area (Å²) < 4.78 is 44.0. The molecule has 3 aliphatic rings. The quantitative estimate of drug-likeness (QED) is 0.462. The van der Waals surface area contributed by atoms with E-state index in [4.69, 9.17) is 0 Å². The first-order valence-corrected chi connectivity index (χ1v) is 13.2. The zero-order valence-corrected chi connectivity index (χ0v) is 21.9. The molecule has 0 bridgehead atoms. The summed E-state index contributed by atoms with van der Waals surface area (Å²) in [5, 5.41) is 14.2. The van der Waals surface area contributed by atoms with E-state index in [0.717, 1.165) is 41.2 Å². The minimum atomic E-state index is -3.48. The van der Waals surface area contributed by atoms with E-state index in [-0.39, 0.29) is 11.6 Å². The predicted molar refractivity (Wildman–Crippen MR) is 138 cm³/mol. The smallest absolute Gasteiger partial charge is 0.289 e. The van der Waals surface area contributed by atoms with Gasteiger partial charge in [0, 0.05) is 69.1 Å². The maximum Gasteiger partial charge on any atom is 0.289 e. The van der Waals surface area contributed by atoms with E-state index in [0.29, 0.717) is 52.4 Å². The molecule has 3 aromatic rings. The fraction of sp³-hybridized carbons (Fsp3) is 0.429. The highest BCUT2D eigenvalue weighted by Crippen LogP contribution is 2.38. The Balaban J connectivity index is 1.11. The first-order chi connectivity index (χ1) is 19.2. The molecule has 0 saturated carbocycles. The summed E-state index contributed by atoms with van der Waals surface area (Å²) in [4.78, 5) is 29.0. The van der Waals surface area contributed by atoms with E-state index in [2.05, 4.69) is 37.1 Å². The van der Waals surface area contributed by atoms with Crippen molar-refractivity contribution in [3.63, 3.8) is 0 Å². The second-order valence-electron chi connectivity index (χ2n) is 10.8. The highest BCUT2D eigenvalue weighted by molar-refractivity contribution is 5.94. The fourth-order valence-corrected chi connectivity index (χ4v) is 5.97. The molecule has 0 spiro atoms. The predicted octanol–water partition coefficient (Wildman–Crippen LogP) is 3.78. The van der Waals surface area contributed by atoms with Gasteiger partial charge in [0.15, 0.2) is 5.82 Å². The maximum absolute atomic E-state index is 14.7. The number of carbonyl (C=O) groups excluding carboxylic acids is 1. The van der Waals surface area contributed by atoms with Crippen molar-refractivity contribution in [2.75, 3.05) is 26.2 Å². The van der Waals surface area contributed by atoms with Gasteiger partial charge < -0.3 is 4.90 Å². The number of piperidine rings is 1. The summed E-state index contributed by atoms with van der Waals surface area (Å²) in [6, 6.07) is 3.64. The Kier molecular flexibility index (Phi) is 6.41. The monoisotopic (exact) mass is 548 g/mol. The van der Waals surface area contributed by atoms with Crippen molar-refractivity contribution >= 4 is 12.0 Å². The lowest BCUT2D eigenvalue weighted by Gasteiger charge is -2.53. The molecule has 2 saturated heterocycles. The molecule has 5 heterocycles. The highest BCUT2D eigenvalue weighted by atomic mass is 19.3. The minimum absolute atomic E-state index is 0.180. The van der Waals surface area contributed by atoms with Crippen LogP contribution in [-0.2, 0) is 17.9 Å². The van der Waals surface area contributed by atoms with E-state index < -0.39 is 28.9 Å². The Labute approximate surface area is 229 Å². The van der Waals surface area contributed by atoms with E-state index >= 15 is 0 Å². The molecule has 206 valence electrons. The zero-order chi connectivity index (χ0) is 28.1. The van der Waals surface area contributed by atoms with Crippen molar-refractivity contribution in [1.29, 1.82) is 5.26 Å². The number of halogens is 3. The maximum atomic E-state index is 14.7. The number of rotatable bonds is 6. The summed E-state index contributed by atoms with van der Waals surface area (Å²) in [6.07, 6.45) is 12.8. The Morgan fingerprint density at radius 2 is 2.00 bits per heavy atom. The Morgan fingerprint density at radius 1 is 1.23 bits per heavy atom. The van der Waals surface area contributed by atoms with E-state index in [9.17, 15) is 23.2 Å². The van der Waals surface area contributed by atoms with Gasteiger partial charge in [-0.25, -0.2) is 14.4 Å². The van der Waals surface area contributed by atoms with Gasteiger partial charge in [-0.15, -0.1) is 0 Å². The lowest BCUT2D eigenvalue weighted by Crippen LogP contribution is -2.66. The van der Waals surface area contributed by atoms with Gasteiger partial charge in [-0.05, 0) is 18.9 Å². The van der Waals surface area contributed by atoms with Crippen LogP contribution in [0.4, 0.5) is 13.2 Å². The number of nitriles is 1. The molecule has 1 amide bonds. The standard InChI is InChI=1S/C28H27F3N8O/c1-27(30,31)25-23(29)21(5-10-33-25)26(40)37-11-6-19(7-12-37)38-15-28(16-38,8-9-32)39-14-18(13-36-39)24-20-3-2-4-22(20)34-17-35-24/h2-3,5,10,13-14,17,19H,4,6-8,11-12,15-16H2,1H3. The van der Waals surface area contributed by atoms with Crippen LogP contribution in [-0.4, -0.2) is 72.7 Å². The van der Waals surface area contributed by atoms with Crippen molar-refractivity contribution < 1.29 is 18.0 Å². The van der Waals surface area contributed by atoms with E-state index in [1.54, 1.807) is 12.5 Å². The van der Waals surface area contributed by atoms with Crippen LogP contribution in [0.25, 0.3) is 17.3 Å². The molecule has 6 rings (SSSR count). The van der Waals surface area contributed by atoms with Gasteiger partial charge in [0.1, 0.15) is 17.6 Å². The van der Waals surface area contributed by atoms with Crippen molar-refractivity contribution in [3.05, 3.63) is 65.4 Å². The van der Waals surface area contributed by atoms with Crippen LogP contribution in [0, 0.1) is 17.1 Å². The average molecular weight is 549 g/mol. The van der Waals surface area contributed by atoms with Gasteiger partial charge in [-0.1, -0.05) is 12.2 Å². The third-order valence-corrected chi connectivity index (χ3v) is 8.11. The van der Waals surface area contributed by atoms with Crippen LogP contribution >= 0.6 is 0 Å². The zero-order valence-electron chi connectivity index (χ0n) is 21.9. The van der Waals surface area contributed by atoms with E-state index in [1.165, 1.54) is 4.90 Å². The summed E-state index contributed by atoms with van der Waals surface area (Å²) in [7, 11) is 0. The molecular formula is C28H27F3N8O. The molecule has 3 aromatic heterocycles. The Bertz CT molecular complexity index is 1520. The summed E-state index contributed by atoms with van der Waals surface area (Å²) in [6.45, 7) is 2.58. The average Bonchev–Trinajstić information content (AvgIpc) is 3.60. The van der Waals surface area contributed by atoms with Crippen molar-refractivity contribution in [1.82, 2.24) is 34.5 Å². The number of pyridine rings is 1. The number of fused-ring (bicyclic) bond motifs is 1. The molecule has 0 radical (unpaired) electrons. The summed E-state index contributed by atoms with van der Waals surface area (Å²) in [5.41, 5.74) is 1.81. The SMILES string of the molecule is CC(F)(F)c1nccc(C(=O)N2CCC(N3CC(CC#N)(n4cc(-c5ncnc6c5C=CC6)cn4)C3)CC2)c1F. The molecule has 0 N–H and O–H groups in total. The number of aromatic nitrogens is 5. The molecule has 1 aliphatic carbocycles. The van der Waals surface area contributed by atoms with Crippen LogP contribution in [0.15, 0.2) is 37.1 Å². The van der Waals surface area contributed by atoms with Crippen LogP contribution in [0.1, 0.15) is 53.5 Å². The third-order valence-electron chi connectivity index (χ3n) is 8.11. The molecule has 2 aliphatic heterocycles. The number of hydrogen-bond donors (Lipinski definition) is 0. The molecule has 9 nitrogen and oxygen atoms in total. The van der Waals surface area contributed by atoms with Crippen molar-refractivity contribution in [3.8, 4) is 17.3 Å². The fourth-order valence-electron chi connectivity index (χ4n) is 5.97. The Morgan fingerprint density at radius 3 is 2.73 bits per heavy atom. The number of likely N-dealkylation sites (tertiary alicyclic amines) is 2. The van der Waals surface area contributed by atoms with Crippen LogP contribution < -0.4 is 0 Å². The molecule has 40 heavy (non-hydrogen) atoms. The lowest BCUT2D eigenvalue weighted by atomic mass is 9.83. The highest BCUT2D eigenvalue weighted by Gasteiger charge is 2.48. The van der Waals surface area contributed by atoms with E-state index in [1.807, 2.05) is 17.0 Å². The largest absolute Gasteiger partial charge is 0.338 e. The summed E-state index contributed by atoms with van der Waals surface area (Å²) >= 11 is 0. The summed E-state index contributed by atoms with van der Waals surface area (Å²) in [5.74, 6) is -5.36.